The highest BCUT2D eigenvalue weighted by Crippen LogP contribution is 2.19. The van der Waals surface area contributed by atoms with Gasteiger partial charge in [0.25, 0.3) is 12.3 Å². The summed E-state index contributed by atoms with van der Waals surface area (Å²) < 4.78 is 31.5. The Labute approximate surface area is 128 Å². The maximum Gasteiger partial charge on any atom is 0.280 e. The molecule has 8 heteroatoms. The average molecular weight is 316 g/mol. The number of methoxy groups -OCH3 is 1. The van der Waals surface area contributed by atoms with E-state index in [-0.39, 0.29) is 17.4 Å². The minimum absolute atomic E-state index is 0.0413. The number of piperidine rings is 1. The fourth-order valence-corrected chi connectivity index (χ4v) is 2.58. The SMILES string of the molecule is COCCN1CCC(NC(=O)c2cc(C(F)F)n(C)n2)CC1. The first-order valence-electron chi connectivity index (χ1n) is 7.35. The first-order chi connectivity index (χ1) is 10.5. The second kappa shape index (κ2) is 7.64. The van der Waals surface area contributed by atoms with Gasteiger partial charge < -0.3 is 15.0 Å². The van der Waals surface area contributed by atoms with Crippen LogP contribution < -0.4 is 5.32 Å². The van der Waals surface area contributed by atoms with E-state index < -0.39 is 12.3 Å². The molecule has 1 aromatic rings. The lowest BCUT2D eigenvalue weighted by atomic mass is 10.0. The van der Waals surface area contributed by atoms with E-state index in [9.17, 15) is 13.6 Å². The van der Waals surface area contributed by atoms with E-state index in [2.05, 4.69) is 15.3 Å². The molecule has 0 saturated carbocycles. The highest BCUT2D eigenvalue weighted by molar-refractivity contribution is 5.92. The average Bonchev–Trinajstić information content (AvgIpc) is 2.89. The van der Waals surface area contributed by atoms with Crippen LogP contribution in [-0.4, -0.2) is 60.0 Å². The summed E-state index contributed by atoms with van der Waals surface area (Å²) in [5.74, 6) is -0.391. The van der Waals surface area contributed by atoms with Crippen molar-refractivity contribution < 1.29 is 18.3 Å². The van der Waals surface area contributed by atoms with Crippen molar-refractivity contribution in [3.8, 4) is 0 Å². The van der Waals surface area contributed by atoms with Crippen molar-refractivity contribution in [2.24, 2.45) is 7.05 Å². The van der Waals surface area contributed by atoms with Gasteiger partial charge in [0.1, 0.15) is 5.69 Å². The van der Waals surface area contributed by atoms with Gasteiger partial charge >= 0.3 is 0 Å². The number of hydrogen-bond acceptors (Lipinski definition) is 4. The zero-order valence-electron chi connectivity index (χ0n) is 12.9. The van der Waals surface area contributed by atoms with Gasteiger partial charge in [0.15, 0.2) is 5.69 Å². The Kier molecular flexibility index (Phi) is 5.84. The van der Waals surface area contributed by atoms with Crippen molar-refractivity contribution in [1.82, 2.24) is 20.0 Å². The number of carbonyl (C=O) groups is 1. The first kappa shape index (κ1) is 16.8. The second-order valence-corrected chi connectivity index (χ2v) is 5.46. The molecular weight excluding hydrogens is 294 g/mol. The number of nitrogens with zero attached hydrogens (tertiary/aromatic N) is 3. The summed E-state index contributed by atoms with van der Waals surface area (Å²) in [7, 11) is 3.08. The van der Waals surface area contributed by atoms with E-state index in [1.807, 2.05) is 0 Å². The molecule has 1 aromatic heterocycles. The van der Waals surface area contributed by atoms with Crippen LogP contribution in [0, 0.1) is 0 Å². The summed E-state index contributed by atoms with van der Waals surface area (Å²) in [6.07, 6.45) is -0.961. The van der Waals surface area contributed by atoms with Gasteiger partial charge in [-0.2, -0.15) is 5.10 Å². The molecule has 0 radical (unpaired) electrons. The van der Waals surface area contributed by atoms with Crippen LogP contribution in [0.1, 0.15) is 35.4 Å². The molecule has 1 amide bonds. The van der Waals surface area contributed by atoms with E-state index in [4.69, 9.17) is 4.74 Å². The van der Waals surface area contributed by atoms with Crippen molar-refractivity contribution in [3.05, 3.63) is 17.5 Å². The number of nitrogens with one attached hydrogen (secondary N) is 1. The van der Waals surface area contributed by atoms with Crippen LogP contribution in [0.2, 0.25) is 0 Å². The molecule has 2 heterocycles. The number of rotatable bonds is 6. The lowest BCUT2D eigenvalue weighted by molar-refractivity contribution is 0.0887. The van der Waals surface area contributed by atoms with Crippen LogP contribution >= 0.6 is 0 Å². The molecule has 0 bridgehead atoms. The monoisotopic (exact) mass is 316 g/mol. The van der Waals surface area contributed by atoms with Crippen molar-refractivity contribution in [1.29, 1.82) is 0 Å². The Bertz CT molecular complexity index is 499. The molecule has 0 aliphatic carbocycles. The van der Waals surface area contributed by atoms with Gasteiger partial charge in [-0.1, -0.05) is 0 Å². The van der Waals surface area contributed by atoms with E-state index >= 15 is 0 Å². The van der Waals surface area contributed by atoms with Gasteiger partial charge in [-0.25, -0.2) is 8.78 Å². The summed E-state index contributed by atoms with van der Waals surface area (Å²) in [6, 6.07) is 1.21. The Morgan fingerprint density at radius 2 is 2.18 bits per heavy atom. The summed E-state index contributed by atoms with van der Waals surface area (Å²) >= 11 is 0. The molecule has 1 aliphatic rings. The third-order valence-corrected chi connectivity index (χ3v) is 3.91. The van der Waals surface area contributed by atoms with Gasteiger partial charge in [0.2, 0.25) is 0 Å². The van der Waals surface area contributed by atoms with Crippen LogP contribution in [0.15, 0.2) is 6.07 Å². The van der Waals surface area contributed by atoms with Crippen LogP contribution in [0.3, 0.4) is 0 Å². The second-order valence-electron chi connectivity index (χ2n) is 5.46. The number of aryl methyl sites for hydroxylation is 1. The van der Waals surface area contributed by atoms with E-state index in [1.54, 1.807) is 7.11 Å². The summed E-state index contributed by atoms with van der Waals surface area (Å²) in [6.45, 7) is 3.36. The zero-order chi connectivity index (χ0) is 16.1. The van der Waals surface area contributed by atoms with Gasteiger partial charge in [-0.3, -0.25) is 9.48 Å². The molecule has 0 aromatic carbocycles. The number of amides is 1. The fraction of sp³-hybridized carbons (Fsp3) is 0.714. The summed E-state index contributed by atoms with van der Waals surface area (Å²) in [5, 5.41) is 6.72. The first-order valence-corrected chi connectivity index (χ1v) is 7.35. The van der Waals surface area contributed by atoms with Gasteiger partial charge in [-0.15, -0.1) is 0 Å². The van der Waals surface area contributed by atoms with Gasteiger partial charge in [0.05, 0.1) is 6.61 Å². The lowest BCUT2D eigenvalue weighted by Gasteiger charge is -2.31. The van der Waals surface area contributed by atoms with Crippen molar-refractivity contribution >= 4 is 5.91 Å². The Hall–Kier alpha value is -1.54. The third-order valence-electron chi connectivity index (χ3n) is 3.91. The molecule has 0 spiro atoms. The standard InChI is InChI=1S/C14H22F2N4O2/c1-19-12(13(15)16)9-11(18-19)14(21)17-10-3-5-20(6-4-10)7-8-22-2/h9-10,13H,3-8H2,1-2H3,(H,17,21). The van der Waals surface area contributed by atoms with Crippen molar-refractivity contribution in [2.75, 3.05) is 33.4 Å². The van der Waals surface area contributed by atoms with E-state index in [0.717, 1.165) is 43.2 Å². The zero-order valence-corrected chi connectivity index (χ0v) is 12.9. The van der Waals surface area contributed by atoms with Crippen LogP contribution in [0.25, 0.3) is 0 Å². The predicted molar refractivity (Wildman–Crippen MR) is 77.0 cm³/mol. The Morgan fingerprint density at radius 3 is 2.73 bits per heavy atom. The fourth-order valence-electron chi connectivity index (χ4n) is 2.58. The highest BCUT2D eigenvalue weighted by Gasteiger charge is 2.23. The van der Waals surface area contributed by atoms with Crippen LogP contribution in [-0.2, 0) is 11.8 Å². The number of halogens is 2. The number of likely N-dealkylation sites (tertiary alicyclic amines) is 1. The lowest BCUT2D eigenvalue weighted by Crippen LogP contribution is -2.45. The molecule has 1 fully saturated rings. The quantitative estimate of drug-likeness (QED) is 0.857. The largest absolute Gasteiger partial charge is 0.383 e. The number of alkyl halides is 2. The normalized spacial score (nSPS) is 17.1. The number of carbonyl (C=O) groups excluding carboxylic acids is 1. The van der Waals surface area contributed by atoms with Gasteiger partial charge in [-0.05, 0) is 18.9 Å². The molecule has 1 N–H and O–H groups in total. The number of ether oxygens (including phenoxy) is 1. The minimum Gasteiger partial charge on any atom is -0.383 e. The molecule has 1 saturated heterocycles. The molecule has 0 unspecified atom stereocenters. The summed E-state index contributed by atoms with van der Waals surface area (Å²) in [5.41, 5.74) is -0.209. The van der Waals surface area contributed by atoms with Gasteiger partial charge in [0, 0.05) is 39.8 Å². The number of aromatic nitrogens is 2. The summed E-state index contributed by atoms with van der Waals surface area (Å²) in [4.78, 5) is 14.4. The van der Waals surface area contributed by atoms with E-state index in [1.165, 1.54) is 7.05 Å². The molecule has 0 atom stereocenters. The Morgan fingerprint density at radius 1 is 1.50 bits per heavy atom. The number of hydrogen-bond donors (Lipinski definition) is 1. The maximum atomic E-state index is 12.7. The third kappa shape index (κ3) is 4.23. The predicted octanol–water partition coefficient (Wildman–Crippen LogP) is 1.20. The van der Waals surface area contributed by atoms with Crippen molar-refractivity contribution in [3.63, 3.8) is 0 Å². The van der Waals surface area contributed by atoms with Crippen molar-refractivity contribution in [2.45, 2.75) is 25.3 Å². The maximum absolute atomic E-state index is 12.7. The molecule has 1 aliphatic heterocycles. The minimum atomic E-state index is -2.64. The van der Waals surface area contributed by atoms with Crippen LogP contribution in [0.5, 0.6) is 0 Å². The molecule has 6 nitrogen and oxygen atoms in total. The van der Waals surface area contributed by atoms with E-state index in [0.29, 0.717) is 6.61 Å². The highest BCUT2D eigenvalue weighted by atomic mass is 19.3. The molecule has 124 valence electrons. The Balaban J connectivity index is 1.84. The molecule has 2 rings (SSSR count). The topological polar surface area (TPSA) is 59.4 Å². The van der Waals surface area contributed by atoms with Crippen LogP contribution in [0.4, 0.5) is 8.78 Å². The molecular formula is C14H22F2N4O2. The smallest absolute Gasteiger partial charge is 0.280 e. The molecule has 22 heavy (non-hydrogen) atoms.